The van der Waals surface area contributed by atoms with Gasteiger partial charge in [0.05, 0.1) is 18.2 Å². The maximum absolute atomic E-state index is 13.2. The molecule has 1 aromatic heterocycles. The summed E-state index contributed by atoms with van der Waals surface area (Å²) in [5, 5.41) is 13.7. The lowest BCUT2D eigenvalue weighted by Crippen LogP contribution is -2.54. The average molecular weight is 406 g/mol. The summed E-state index contributed by atoms with van der Waals surface area (Å²) >= 11 is 0. The Labute approximate surface area is 168 Å². The highest BCUT2D eigenvalue weighted by molar-refractivity contribution is 6.39. The molecule has 0 unspecified atom stereocenters. The van der Waals surface area contributed by atoms with E-state index in [0.29, 0.717) is 16.5 Å². The largest absolute Gasteiger partial charge is 0.548 e. The number of aliphatic carboxylic acids is 1. The van der Waals surface area contributed by atoms with Gasteiger partial charge in [-0.3, -0.25) is 14.9 Å². The molecule has 0 atom stereocenters. The number of rotatable bonds is 4. The maximum atomic E-state index is 13.2. The van der Waals surface area contributed by atoms with Crippen LogP contribution in [-0.4, -0.2) is 28.4 Å². The number of imide groups is 2. The van der Waals surface area contributed by atoms with Crippen molar-refractivity contribution in [2.45, 2.75) is 6.54 Å². The Kier molecular flexibility index (Phi) is 4.63. The first-order chi connectivity index (χ1) is 14.3. The monoisotopic (exact) mass is 406 g/mol. The van der Waals surface area contributed by atoms with E-state index in [1.807, 2.05) is 0 Å². The molecule has 0 saturated carbocycles. The molecule has 0 radical (unpaired) electrons. The maximum Gasteiger partial charge on any atom is 0.335 e. The Morgan fingerprint density at radius 1 is 1.07 bits per heavy atom. The van der Waals surface area contributed by atoms with Gasteiger partial charge in [-0.1, -0.05) is 18.2 Å². The van der Waals surface area contributed by atoms with Crippen molar-refractivity contribution in [3.63, 3.8) is 0 Å². The van der Waals surface area contributed by atoms with Crippen LogP contribution in [0.15, 0.2) is 60.3 Å². The number of nitrogens with zero attached hydrogens (tertiary/aromatic N) is 2. The lowest BCUT2D eigenvalue weighted by molar-refractivity contribution is -0.306. The summed E-state index contributed by atoms with van der Waals surface area (Å²) in [6.07, 6.45) is 2.77. The molecule has 8 nitrogen and oxygen atoms in total. The number of aromatic nitrogens is 1. The van der Waals surface area contributed by atoms with Gasteiger partial charge in [0, 0.05) is 22.7 Å². The van der Waals surface area contributed by atoms with Gasteiger partial charge in [-0.25, -0.2) is 14.1 Å². The first-order valence-corrected chi connectivity index (χ1v) is 8.80. The fraction of sp³-hybridized carbons (Fsp3) is 0.0476. The molecule has 30 heavy (non-hydrogen) atoms. The molecule has 4 amide bonds. The van der Waals surface area contributed by atoms with Crippen LogP contribution in [-0.2, 0) is 20.9 Å². The number of carbonyl (C=O) groups is 4. The average Bonchev–Trinajstić information content (AvgIpc) is 3.03. The van der Waals surface area contributed by atoms with Gasteiger partial charge in [0.15, 0.2) is 0 Å². The zero-order chi connectivity index (χ0) is 21.4. The Morgan fingerprint density at radius 3 is 2.47 bits per heavy atom. The van der Waals surface area contributed by atoms with Crippen LogP contribution in [0.25, 0.3) is 17.0 Å². The van der Waals surface area contributed by atoms with E-state index in [4.69, 9.17) is 0 Å². The van der Waals surface area contributed by atoms with Crippen molar-refractivity contribution in [3.05, 3.63) is 71.7 Å². The molecule has 0 bridgehead atoms. The zero-order valence-electron chi connectivity index (χ0n) is 15.3. The third-order valence-electron chi connectivity index (χ3n) is 4.61. The van der Waals surface area contributed by atoms with Crippen LogP contribution in [0.2, 0.25) is 0 Å². The third kappa shape index (κ3) is 3.32. The molecular formula is C21H13FN3O5-. The lowest BCUT2D eigenvalue weighted by Gasteiger charge is -2.26. The molecule has 0 aliphatic carbocycles. The van der Waals surface area contributed by atoms with Crippen molar-refractivity contribution >= 4 is 46.5 Å². The van der Waals surface area contributed by atoms with Crippen molar-refractivity contribution in [2.24, 2.45) is 0 Å². The Balaban J connectivity index is 1.80. The zero-order valence-corrected chi connectivity index (χ0v) is 15.3. The Bertz CT molecular complexity index is 1240. The van der Waals surface area contributed by atoms with E-state index in [-0.39, 0.29) is 11.3 Å². The first-order valence-electron chi connectivity index (χ1n) is 8.80. The standard InChI is InChI=1S/C21H14FN3O5/c22-13-5-7-14(8-6-13)25-20(29)16(19(28)23-21(25)30)9-12-10-24(11-18(26)27)17-4-2-1-3-15(12)17/h1-10H,11H2,(H,26,27)(H,23,28,30)/p-1/b16-9+. The van der Waals surface area contributed by atoms with Gasteiger partial charge >= 0.3 is 6.03 Å². The molecule has 1 N–H and O–H groups in total. The summed E-state index contributed by atoms with van der Waals surface area (Å²) in [6, 6.07) is 10.6. The van der Waals surface area contributed by atoms with Crippen LogP contribution in [0.5, 0.6) is 0 Å². The van der Waals surface area contributed by atoms with Crippen LogP contribution in [0.4, 0.5) is 14.9 Å². The number of urea groups is 1. The van der Waals surface area contributed by atoms with Crippen molar-refractivity contribution in [2.75, 3.05) is 4.90 Å². The van der Waals surface area contributed by atoms with Gasteiger partial charge < -0.3 is 14.5 Å². The molecular weight excluding hydrogens is 393 g/mol. The summed E-state index contributed by atoms with van der Waals surface area (Å²) in [7, 11) is 0. The molecule has 1 aliphatic rings. The van der Waals surface area contributed by atoms with Crippen LogP contribution in [0.1, 0.15) is 5.56 Å². The number of anilines is 1. The number of halogens is 1. The number of barbiturate groups is 1. The number of para-hydroxylation sites is 1. The van der Waals surface area contributed by atoms with E-state index in [0.717, 1.165) is 17.0 Å². The number of carboxylic acid groups (broad SMARTS) is 1. The van der Waals surface area contributed by atoms with Crippen molar-refractivity contribution in [1.82, 2.24) is 9.88 Å². The van der Waals surface area contributed by atoms with E-state index in [1.54, 1.807) is 24.3 Å². The van der Waals surface area contributed by atoms with Gasteiger partial charge in [0.25, 0.3) is 11.8 Å². The van der Waals surface area contributed by atoms with Crippen LogP contribution < -0.4 is 15.3 Å². The number of amides is 4. The van der Waals surface area contributed by atoms with E-state index in [9.17, 15) is 28.7 Å². The Morgan fingerprint density at radius 2 is 1.77 bits per heavy atom. The topological polar surface area (TPSA) is 112 Å². The van der Waals surface area contributed by atoms with Crippen LogP contribution >= 0.6 is 0 Å². The molecule has 0 spiro atoms. The molecule has 2 heterocycles. The fourth-order valence-corrected chi connectivity index (χ4v) is 3.30. The highest BCUT2D eigenvalue weighted by Gasteiger charge is 2.37. The second-order valence-corrected chi connectivity index (χ2v) is 6.54. The summed E-state index contributed by atoms with van der Waals surface area (Å²) in [6.45, 7) is -0.413. The predicted molar refractivity (Wildman–Crippen MR) is 102 cm³/mol. The molecule has 3 aromatic rings. The van der Waals surface area contributed by atoms with Gasteiger partial charge in [-0.15, -0.1) is 0 Å². The third-order valence-corrected chi connectivity index (χ3v) is 4.61. The highest BCUT2D eigenvalue weighted by Crippen LogP contribution is 2.26. The summed E-state index contributed by atoms with van der Waals surface area (Å²) in [5.74, 6) is -3.61. The molecule has 1 saturated heterocycles. The van der Waals surface area contributed by atoms with E-state index >= 15 is 0 Å². The molecule has 4 rings (SSSR count). The molecule has 1 aliphatic heterocycles. The number of nitrogens with one attached hydrogen (secondary N) is 1. The Hall–Kier alpha value is -4.27. The van der Waals surface area contributed by atoms with E-state index in [1.165, 1.54) is 29.0 Å². The van der Waals surface area contributed by atoms with Crippen LogP contribution in [0, 0.1) is 5.82 Å². The minimum atomic E-state index is -1.30. The van der Waals surface area contributed by atoms with Crippen molar-refractivity contribution < 1.29 is 28.7 Å². The minimum Gasteiger partial charge on any atom is -0.548 e. The normalized spacial score (nSPS) is 15.7. The predicted octanol–water partition coefficient (Wildman–Crippen LogP) is 1.20. The SMILES string of the molecule is O=C([O-])Cn1cc(/C=C2\C(=O)NC(=O)N(c3ccc(F)cc3)C2=O)c2ccccc21. The summed E-state index contributed by atoms with van der Waals surface area (Å²) in [4.78, 5) is 49.3. The minimum absolute atomic E-state index is 0.0941. The van der Waals surface area contributed by atoms with E-state index < -0.39 is 36.2 Å². The number of carboxylic acids is 1. The second-order valence-electron chi connectivity index (χ2n) is 6.54. The van der Waals surface area contributed by atoms with E-state index in [2.05, 4.69) is 5.32 Å². The quantitative estimate of drug-likeness (QED) is 0.517. The van der Waals surface area contributed by atoms with Crippen molar-refractivity contribution in [3.8, 4) is 0 Å². The fourth-order valence-electron chi connectivity index (χ4n) is 3.30. The molecule has 150 valence electrons. The van der Waals surface area contributed by atoms with Crippen LogP contribution in [0.3, 0.4) is 0 Å². The summed E-state index contributed by atoms with van der Waals surface area (Å²) < 4.78 is 14.6. The second kappa shape index (κ2) is 7.28. The van der Waals surface area contributed by atoms with Gasteiger partial charge in [0.1, 0.15) is 11.4 Å². The molecule has 2 aromatic carbocycles. The summed E-state index contributed by atoms with van der Waals surface area (Å²) in [5.41, 5.74) is 0.759. The smallest absolute Gasteiger partial charge is 0.335 e. The number of carbonyl (C=O) groups excluding carboxylic acids is 4. The molecule has 1 fully saturated rings. The highest BCUT2D eigenvalue weighted by atomic mass is 19.1. The number of benzene rings is 2. The number of fused-ring (bicyclic) bond motifs is 1. The van der Waals surface area contributed by atoms with Crippen molar-refractivity contribution in [1.29, 1.82) is 0 Å². The number of hydrogen-bond acceptors (Lipinski definition) is 5. The first kappa shape index (κ1) is 19.1. The number of hydrogen-bond donors (Lipinski definition) is 1. The lowest BCUT2D eigenvalue weighted by atomic mass is 10.1. The van der Waals surface area contributed by atoms with Gasteiger partial charge in [-0.05, 0) is 36.4 Å². The molecule has 9 heteroatoms. The van der Waals surface area contributed by atoms with Gasteiger partial charge in [0.2, 0.25) is 0 Å². The van der Waals surface area contributed by atoms with Gasteiger partial charge in [-0.2, -0.15) is 0 Å².